The molecule has 0 aromatic heterocycles. The number of hydrogen-bond acceptors (Lipinski definition) is 4. The molecule has 3 saturated carbocycles. The maximum absolute atomic E-state index is 13.3. The van der Waals surface area contributed by atoms with E-state index in [-0.39, 0.29) is 35.5 Å². The molecule has 0 aromatic carbocycles. The fourth-order valence-corrected chi connectivity index (χ4v) is 4.88. The number of halogens is 1. The Bertz CT molecular complexity index is 443. The van der Waals surface area contributed by atoms with Crippen molar-refractivity contribution in [1.29, 1.82) is 0 Å². The van der Waals surface area contributed by atoms with Crippen LogP contribution in [-0.2, 0) is 14.3 Å². The van der Waals surface area contributed by atoms with Crippen LogP contribution in [-0.4, -0.2) is 36.1 Å². The monoisotopic (exact) mass is 309 g/mol. The summed E-state index contributed by atoms with van der Waals surface area (Å²) in [5, 5.41) is 3.28. The van der Waals surface area contributed by atoms with E-state index in [1.807, 2.05) is 0 Å². The normalized spacial score (nSPS) is 48.9. The second-order valence-corrected chi connectivity index (χ2v) is 7.44. The van der Waals surface area contributed by atoms with Crippen LogP contribution in [0.4, 0.5) is 4.39 Å². The van der Waals surface area contributed by atoms with Crippen molar-refractivity contribution in [2.45, 2.75) is 75.9 Å². The average Bonchev–Trinajstić information content (AvgIpc) is 2.99. The first-order chi connectivity index (χ1) is 10.6. The van der Waals surface area contributed by atoms with Crippen molar-refractivity contribution >= 4 is 11.6 Å². The summed E-state index contributed by atoms with van der Waals surface area (Å²) >= 11 is 0. The van der Waals surface area contributed by atoms with Gasteiger partial charge in [0.2, 0.25) is 0 Å². The third-order valence-electron chi connectivity index (χ3n) is 6.15. The largest absolute Gasteiger partial charge is 0.350 e. The second kappa shape index (κ2) is 5.68. The molecule has 0 bridgehead atoms. The Labute approximate surface area is 130 Å². The number of rotatable bonds is 1. The molecule has 4 aliphatic rings. The molecule has 4 nitrogen and oxygen atoms in total. The predicted molar refractivity (Wildman–Crippen MR) is 77.9 cm³/mol. The van der Waals surface area contributed by atoms with Crippen molar-refractivity contribution in [2.24, 2.45) is 17.8 Å². The number of carbonyl (C=O) groups is 2. The second-order valence-electron chi connectivity index (χ2n) is 7.44. The number of Topliss-reactive ketones (excluding diaryl/α,β-unsaturated/α-hetero) is 2. The number of carbonyl (C=O) groups excluding carboxylic acids is 2. The number of hydrogen-bond donors (Lipinski definition) is 1. The lowest BCUT2D eigenvalue weighted by Crippen LogP contribution is -2.56. The molecular weight excluding hydrogens is 285 g/mol. The van der Waals surface area contributed by atoms with Gasteiger partial charge in [0.1, 0.15) is 24.5 Å². The molecule has 0 radical (unpaired) electrons. The van der Waals surface area contributed by atoms with Crippen LogP contribution in [0.2, 0.25) is 0 Å². The van der Waals surface area contributed by atoms with Crippen LogP contribution in [0, 0.1) is 17.8 Å². The van der Waals surface area contributed by atoms with Gasteiger partial charge in [-0.2, -0.15) is 0 Å². The lowest BCUT2D eigenvalue weighted by molar-refractivity contribution is -0.150. The van der Waals surface area contributed by atoms with Crippen LogP contribution in [0.1, 0.15) is 51.4 Å². The summed E-state index contributed by atoms with van der Waals surface area (Å²) in [6.45, 7) is 0. The van der Waals surface area contributed by atoms with Crippen molar-refractivity contribution < 1.29 is 18.7 Å². The highest BCUT2D eigenvalue weighted by Gasteiger charge is 2.55. The van der Waals surface area contributed by atoms with E-state index in [1.165, 1.54) is 0 Å². The molecule has 22 heavy (non-hydrogen) atoms. The van der Waals surface area contributed by atoms with Gasteiger partial charge in [-0.15, -0.1) is 0 Å². The van der Waals surface area contributed by atoms with Gasteiger partial charge < -0.3 is 4.74 Å². The highest BCUT2D eigenvalue weighted by atomic mass is 19.1. The van der Waals surface area contributed by atoms with Gasteiger partial charge in [-0.3, -0.25) is 14.9 Å². The van der Waals surface area contributed by atoms with Gasteiger partial charge in [0, 0.05) is 11.8 Å². The maximum Gasteiger partial charge on any atom is 0.167 e. The Balaban J connectivity index is 1.49. The van der Waals surface area contributed by atoms with E-state index >= 15 is 0 Å². The molecular formula is C17H24FNO3. The van der Waals surface area contributed by atoms with Crippen LogP contribution in [0.25, 0.3) is 0 Å². The predicted octanol–water partition coefficient (Wildman–Crippen LogP) is 2.16. The van der Waals surface area contributed by atoms with Crippen LogP contribution >= 0.6 is 0 Å². The Morgan fingerprint density at radius 1 is 0.909 bits per heavy atom. The molecule has 0 spiro atoms. The first-order valence-corrected chi connectivity index (χ1v) is 8.78. The first kappa shape index (κ1) is 14.8. The topological polar surface area (TPSA) is 55.4 Å². The summed E-state index contributed by atoms with van der Waals surface area (Å²) in [5.74, 6) is 0.309. The lowest BCUT2D eigenvalue weighted by atomic mass is 9.67. The van der Waals surface area contributed by atoms with Crippen molar-refractivity contribution in [3.63, 3.8) is 0 Å². The van der Waals surface area contributed by atoms with Gasteiger partial charge >= 0.3 is 0 Å². The zero-order chi connectivity index (χ0) is 15.3. The molecule has 1 heterocycles. The first-order valence-electron chi connectivity index (χ1n) is 8.78. The number of alkyl halides is 1. The van der Waals surface area contributed by atoms with Crippen LogP contribution in [0.5, 0.6) is 0 Å². The molecule has 5 heteroatoms. The Morgan fingerprint density at radius 3 is 2.23 bits per heavy atom. The third-order valence-corrected chi connectivity index (χ3v) is 6.15. The highest BCUT2D eigenvalue weighted by Crippen LogP contribution is 2.41. The van der Waals surface area contributed by atoms with Crippen molar-refractivity contribution in [3.05, 3.63) is 0 Å². The minimum Gasteiger partial charge on any atom is -0.350 e. The lowest BCUT2D eigenvalue weighted by Gasteiger charge is -2.37. The number of nitrogens with one attached hydrogen (secondary N) is 1. The van der Waals surface area contributed by atoms with Gasteiger partial charge in [0.25, 0.3) is 0 Å². The Hall–Kier alpha value is -0.810. The molecule has 1 aliphatic heterocycles. The average molecular weight is 309 g/mol. The van der Waals surface area contributed by atoms with E-state index < -0.39 is 18.3 Å². The van der Waals surface area contributed by atoms with Crippen LogP contribution in [0.15, 0.2) is 0 Å². The zero-order valence-electron chi connectivity index (χ0n) is 12.8. The summed E-state index contributed by atoms with van der Waals surface area (Å²) < 4.78 is 19.3. The summed E-state index contributed by atoms with van der Waals surface area (Å²) in [7, 11) is 0. The Kier molecular flexibility index (Phi) is 3.81. The molecule has 0 aromatic rings. The number of ketones is 2. The van der Waals surface area contributed by atoms with Gasteiger partial charge in [-0.1, -0.05) is 12.8 Å². The molecule has 4 rings (SSSR count). The van der Waals surface area contributed by atoms with Crippen molar-refractivity contribution in [3.8, 4) is 0 Å². The molecule has 5 atom stereocenters. The van der Waals surface area contributed by atoms with E-state index in [0.717, 1.165) is 38.5 Å². The van der Waals surface area contributed by atoms with Gasteiger partial charge in [-0.25, -0.2) is 4.39 Å². The summed E-state index contributed by atoms with van der Waals surface area (Å²) in [6.07, 6.45) is 4.88. The smallest absolute Gasteiger partial charge is 0.167 e. The van der Waals surface area contributed by atoms with Gasteiger partial charge in [0.15, 0.2) is 11.6 Å². The fraction of sp³-hybridized carbons (Fsp3) is 0.882. The molecule has 122 valence electrons. The minimum absolute atomic E-state index is 0.0982. The van der Waals surface area contributed by atoms with E-state index in [2.05, 4.69) is 5.32 Å². The number of ether oxygens (including phenoxy) is 1. The van der Waals surface area contributed by atoms with E-state index in [0.29, 0.717) is 12.8 Å². The van der Waals surface area contributed by atoms with Gasteiger partial charge in [0.05, 0.1) is 0 Å². The molecule has 0 amide bonds. The van der Waals surface area contributed by atoms with Crippen LogP contribution in [0.3, 0.4) is 0 Å². The highest BCUT2D eigenvalue weighted by molar-refractivity contribution is 6.03. The summed E-state index contributed by atoms with van der Waals surface area (Å²) in [6, 6.07) is -0.458. The summed E-state index contributed by atoms with van der Waals surface area (Å²) in [4.78, 5) is 25.4. The van der Waals surface area contributed by atoms with Gasteiger partial charge in [-0.05, 0) is 44.4 Å². The fourth-order valence-electron chi connectivity index (χ4n) is 4.88. The van der Waals surface area contributed by atoms with E-state index in [9.17, 15) is 14.0 Å². The quantitative estimate of drug-likeness (QED) is 0.806. The van der Waals surface area contributed by atoms with Crippen LogP contribution < -0.4 is 5.32 Å². The SMILES string of the molecule is O=C1C2CCCCC2C(=O)C2OC(C3CCC(F)CC3)NC12. The minimum atomic E-state index is -0.703. The molecule has 1 saturated heterocycles. The van der Waals surface area contributed by atoms with E-state index in [1.54, 1.807) is 0 Å². The van der Waals surface area contributed by atoms with Crippen molar-refractivity contribution in [1.82, 2.24) is 5.32 Å². The third kappa shape index (κ3) is 2.33. The standard InChI is InChI=1S/C17H24FNO3/c18-10-7-5-9(6-8-10)17-19-13-14(20)11-3-1-2-4-12(11)15(21)16(13)22-17/h9-13,16-17,19H,1-8H2. The molecule has 1 N–H and O–H groups in total. The number of fused-ring (bicyclic) bond motifs is 2. The molecule has 5 unspecified atom stereocenters. The Morgan fingerprint density at radius 2 is 1.55 bits per heavy atom. The molecule has 3 aliphatic carbocycles. The molecule has 4 fully saturated rings. The van der Waals surface area contributed by atoms with Crippen molar-refractivity contribution in [2.75, 3.05) is 0 Å². The summed E-state index contributed by atoms with van der Waals surface area (Å²) in [5.41, 5.74) is 0. The maximum atomic E-state index is 13.3. The zero-order valence-corrected chi connectivity index (χ0v) is 12.8. The van der Waals surface area contributed by atoms with E-state index in [4.69, 9.17) is 4.74 Å².